The van der Waals surface area contributed by atoms with Crippen LogP contribution in [0.15, 0.2) is 41.7 Å². The van der Waals surface area contributed by atoms with Crippen molar-refractivity contribution in [3.05, 3.63) is 68.7 Å². The number of allylic oxidation sites excluding steroid dienone is 2. The van der Waals surface area contributed by atoms with E-state index in [0.29, 0.717) is 12.2 Å². The van der Waals surface area contributed by atoms with Gasteiger partial charge in [0.15, 0.2) is 0 Å². The number of aryl methyl sites for hydroxylation is 1. The number of nitrogens with zero attached hydrogens (tertiary/aromatic N) is 2. The number of benzene rings is 1. The zero-order chi connectivity index (χ0) is 17.7. The van der Waals surface area contributed by atoms with Crippen LogP contribution in [-0.4, -0.2) is 22.2 Å². The van der Waals surface area contributed by atoms with E-state index < -0.39 is 5.92 Å². The van der Waals surface area contributed by atoms with Gasteiger partial charge in [0, 0.05) is 22.4 Å². The minimum Gasteiger partial charge on any atom is -0.496 e. The summed E-state index contributed by atoms with van der Waals surface area (Å²) in [5.41, 5.74) is 3.35. The molecule has 6 heteroatoms. The van der Waals surface area contributed by atoms with E-state index in [1.54, 1.807) is 13.3 Å². The highest BCUT2D eigenvalue weighted by molar-refractivity contribution is 5.47. The summed E-state index contributed by atoms with van der Waals surface area (Å²) in [4.78, 5) is 11.6. The molecular formula is C18H23N3O3. The van der Waals surface area contributed by atoms with E-state index in [9.17, 15) is 10.1 Å². The van der Waals surface area contributed by atoms with Crippen LogP contribution in [0.25, 0.3) is 0 Å². The van der Waals surface area contributed by atoms with Gasteiger partial charge in [-0.3, -0.25) is 15.2 Å². The molecule has 1 aromatic carbocycles. The topological polar surface area (TPSA) is 81.0 Å². The largest absolute Gasteiger partial charge is 0.496 e. The molecule has 128 valence electrons. The lowest BCUT2D eigenvalue weighted by Gasteiger charge is -2.19. The van der Waals surface area contributed by atoms with E-state index in [4.69, 9.17) is 4.74 Å². The minimum absolute atomic E-state index is 0.200. The Hall–Kier alpha value is -2.63. The summed E-state index contributed by atoms with van der Waals surface area (Å²) in [7, 11) is 1.58. The Kier molecular flexibility index (Phi) is 5.73. The second-order valence-corrected chi connectivity index (χ2v) is 5.80. The minimum atomic E-state index is -0.526. The molecule has 1 aromatic heterocycles. The molecule has 1 heterocycles. The Bertz CT molecular complexity index is 749. The predicted octanol–water partition coefficient (Wildman–Crippen LogP) is 4.21. The first-order valence-corrected chi connectivity index (χ1v) is 7.98. The zero-order valence-electron chi connectivity index (χ0n) is 14.5. The second kappa shape index (κ2) is 7.77. The molecular weight excluding hydrogens is 306 g/mol. The molecule has 1 N–H and O–H groups in total. The van der Waals surface area contributed by atoms with E-state index in [1.807, 2.05) is 45.0 Å². The fourth-order valence-electron chi connectivity index (χ4n) is 3.03. The number of nitro groups is 1. The van der Waals surface area contributed by atoms with Crippen molar-refractivity contribution >= 4 is 0 Å². The molecule has 0 saturated heterocycles. The molecule has 0 fully saturated rings. The average molecular weight is 329 g/mol. The highest BCUT2D eigenvalue weighted by atomic mass is 16.6. The van der Waals surface area contributed by atoms with Crippen LogP contribution < -0.4 is 4.74 Å². The van der Waals surface area contributed by atoms with Gasteiger partial charge in [-0.2, -0.15) is 5.10 Å². The van der Waals surface area contributed by atoms with E-state index in [-0.39, 0.29) is 10.6 Å². The number of rotatable bonds is 7. The number of hydrogen-bond donors (Lipinski definition) is 1. The molecule has 1 unspecified atom stereocenters. The van der Waals surface area contributed by atoms with Gasteiger partial charge in [0.1, 0.15) is 11.7 Å². The summed E-state index contributed by atoms with van der Waals surface area (Å²) in [6.45, 7) is 5.72. The van der Waals surface area contributed by atoms with Gasteiger partial charge < -0.3 is 4.74 Å². The van der Waals surface area contributed by atoms with Crippen LogP contribution in [0.5, 0.6) is 5.75 Å². The lowest BCUT2D eigenvalue weighted by Crippen LogP contribution is -2.15. The first kappa shape index (κ1) is 17.7. The number of methoxy groups -OCH3 is 1. The molecule has 0 aliphatic carbocycles. The van der Waals surface area contributed by atoms with Gasteiger partial charge in [0.25, 0.3) is 5.70 Å². The molecule has 1 atom stereocenters. The van der Waals surface area contributed by atoms with Crippen LogP contribution in [-0.2, 0) is 0 Å². The number of hydrogen-bond acceptors (Lipinski definition) is 4. The lowest BCUT2D eigenvalue weighted by molar-refractivity contribution is -0.430. The van der Waals surface area contributed by atoms with Crippen molar-refractivity contribution in [3.8, 4) is 5.75 Å². The molecule has 0 radical (unpaired) electrons. The van der Waals surface area contributed by atoms with Gasteiger partial charge in [0.2, 0.25) is 0 Å². The monoisotopic (exact) mass is 329 g/mol. The molecule has 2 aromatic rings. The standard InChI is InChI=1S/C18H23N3O3/c1-5-8-12(2)18(21(22)23)17(15-11-19-20-13(15)3)14-9-6-7-10-16(14)24-4/h6-7,9-11,17H,5,8H2,1-4H3,(H,19,20)/b18-12-. The number of aromatic amines is 1. The zero-order valence-corrected chi connectivity index (χ0v) is 14.5. The van der Waals surface area contributed by atoms with Crippen LogP contribution in [0.3, 0.4) is 0 Å². The van der Waals surface area contributed by atoms with Gasteiger partial charge in [-0.05, 0) is 26.3 Å². The summed E-state index contributed by atoms with van der Waals surface area (Å²) < 4.78 is 5.46. The molecule has 0 aliphatic rings. The second-order valence-electron chi connectivity index (χ2n) is 5.80. The first-order valence-electron chi connectivity index (χ1n) is 7.98. The molecule has 0 bridgehead atoms. The predicted molar refractivity (Wildman–Crippen MR) is 92.8 cm³/mol. The van der Waals surface area contributed by atoms with Gasteiger partial charge in [-0.1, -0.05) is 31.5 Å². The third-order valence-electron chi connectivity index (χ3n) is 4.16. The third kappa shape index (κ3) is 3.48. The smallest absolute Gasteiger partial charge is 0.257 e. The highest BCUT2D eigenvalue weighted by Crippen LogP contribution is 2.40. The quantitative estimate of drug-likeness (QED) is 0.609. The Balaban J connectivity index is 2.74. The Labute approximate surface area is 141 Å². The van der Waals surface area contributed by atoms with Crippen molar-refractivity contribution in [1.82, 2.24) is 10.2 Å². The number of para-hydroxylation sites is 1. The van der Waals surface area contributed by atoms with E-state index in [2.05, 4.69) is 10.2 Å². The highest BCUT2D eigenvalue weighted by Gasteiger charge is 2.34. The van der Waals surface area contributed by atoms with E-state index >= 15 is 0 Å². The van der Waals surface area contributed by atoms with E-state index in [0.717, 1.165) is 28.8 Å². The molecule has 6 nitrogen and oxygen atoms in total. The van der Waals surface area contributed by atoms with Crippen molar-refractivity contribution in [2.24, 2.45) is 0 Å². The van der Waals surface area contributed by atoms with Gasteiger partial charge in [-0.15, -0.1) is 0 Å². The maximum atomic E-state index is 11.9. The fourth-order valence-corrected chi connectivity index (χ4v) is 3.03. The third-order valence-corrected chi connectivity index (χ3v) is 4.16. The molecule has 24 heavy (non-hydrogen) atoms. The van der Waals surface area contributed by atoms with Crippen molar-refractivity contribution < 1.29 is 9.66 Å². The van der Waals surface area contributed by atoms with Crippen LogP contribution in [0.4, 0.5) is 0 Å². The van der Waals surface area contributed by atoms with Gasteiger partial charge >= 0.3 is 0 Å². The summed E-state index contributed by atoms with van der Waals surface area (Å²) in [6.07, 6.45) is 3.19. The first-order chi connectivity index (χ1) is 11.5. The molecule has 0 spiro atoms. The number of H-pyrrole nitrogens is 1. The van der Waals surface area contributed by atoms with Gasteiger partial charge in [0.05, 0.1) is 18.2 Å². The Morgan fingerprint density at radius 1 is 1.38 bits per heavy atom. The van der Waals surface area contributed by atoms with Crippen molar-refractivity contribution in [2.45, 2.75) is 39.5 Å². The van der Waals surface area contributed by atoms with E-state index in [1.165, 1.54) is 0 Å². The fraction of sp³-hybridized carbons (Fsp3) is 0.389. The molecule has 0 aliphatic heterocycles. The normalized spacial score (nSPS) is 13.3. The van der Waals surface area contributed by atoms with Gasteiger partial charge in [-0.25, -0.2) is 0 Å². The number of ether oxygens (including phenoxy) is 1. The van der Waals surface area contributed by atoms with Crippen molar-refractivity contribution in [3.63, 3.8) is 0 Å². The number of aromatic nitrogens is 2. The van der Waals surface area contributed by atoms with Crippen molar-refractivity contribution in [2.75, 3.05) is 7.11 Å². The maximum Gasteiger partial charge on any atom is 0.257 e. The summed E-state index contributed by atoms with van der Waals surface area (Å²) in [5.74, 6) is 0.105. The average Bonchev–Trinajstić information content (AvgIpc) is 2.98. The Morgan fingerprint density at radius 2 is 2.08 bits per heavy atom. The number of nitrogens with one attached hydrogen (secondary N) is 1. The maximum absolute atomic E-state index is 11.9. The van der Waals surface area contributed by atoms with Crippen LogP contribution in [0.1, 0.15) is 49.4 Å². The summed E-state index contributed by atoms with van der Waals surface area (Å²) in [6, 6.07) is 7.42. The SMILES string of the molecule is CCC/C(C)=C(/C(c1ccccc1OC)c1cn[nH]c1C)[N+](=O)[O-]. The lowest BCUT2D eigenvalue weighted by atomic mass is 9.85. The van der Waals surface area contributed by atoms with Crippen LogP contribution in [0.2, 0.25) is 0 Å². The molecule has 0 amide bonds. The molecule has 2 rings (SSSR count). The Morgan fingerprint density at radius 3 is 2.62 bits per heavy atom. The van der Waals surface area contributed by atoms with Crippen molar-refractivity contribution in [1.29, 1.82) is 0 Å². The molecule has 0 saturated carbocycles. The van der Waals surface area contributed by atoms with Crippen LogP contribution >= 0.6 is 0 Å². The summed E-state index contributed by atoms with van der Waals surface area (Å²) >= 11 is 0. The van der Waals surface area contributed by atoms with Crippen LogP contribution in [0, 0.1) is 17.0 Å². The summed E-state index contributed by atoms with van der Waals surface area (Å²) in [5, 5.41) is 18.9.